The Labute approximate surface area is 161 Å². The molecule has 0 saturated heterocycles. The number of hydrogen-bond acceptors (Lipinski definition) is 3. The van der Waals surface area contributed by atoms with Crippen LogP contribution in [0.1, 0.15) is 39.2 Å². The predicted molar refractivity (Wildman–Crippen MR) is 103 cm³/mol. The normalized spacial score (nSPS) is 13.1. The number of benzene rings is 1. The zero-order valence-electron chi connectivity index (χ0n) is 16.0. The molecule has 2 aromatic heterocycles. The van der Waals surface area contributed by atoms with E-state index < -0.39 is 23.2 Å². The molecule has 0 N–H and O–H groups in total. The lowest BCUT2D eigenvalue weighted by Crippen LogP contribution is -2.24. The summed E-state index contributed by atoms with van der Waals surface area (Å²) in [6, 6.07) is 4.23. The van der Waals surface area contributed by atoms with Crippen molar-refractivity contribution in [1.29, 1.82) is 0 Å². The van der Waals surface area contributed by atoms with E-state index in [-0.39, 0.29) is 28.9 Å². The molecule has 0 aliphatic heterocycles. The summed E-state index contributed by atoms with van der Waals surface area (Å²) in [5, 5.41) is 0.663. The maximum Gasteiger partial charge on any atom is 0.258 e. The fraction of sp³-hybridized carbons (Fsp3) is 0.381. The maximum atomic E-state index is 14.7. The topological polar surface area (TPSA) is 47.8 Å². The average molecular weight is 389 g/mol. The first kappa shape index (κ1) is 20.0. The summed E-state index contributed by atoms with van der Waals surface area (Å²) in [5.41, 5.74) is -1.65. The van der Waals surface area contributed by atoms with Gasteiger partial charge in [-0.15, -0.1) is 0 Å². The molecule has 7 heteroatoms. The van der Waals surface area contributed by atoms with Gasteiger partial charge < -0.3 is 4.57 Å². The van der Waals surface area contributed by atoms with Crippen molar-refractivity contribution >= 4 is 10.8 Å². The van der Waals surface area contributed by atoms with Crippen molar-refractivity contribution in [3.05, 3.63) is 58.5 Å². The van der Waals surface area contributed by atoms with E-state index in [1.165, 1.54) is 43.1 Å². The Morgan fingerprint density at radius 2 is 1.89 bits per heavy atom. The van der Waals surface area contributed by atoms with Crippen LogP contribution in [0.25, 0.3) is 22.2 Å². The molecule has 0 bridgehead atoms. The average Bonchev–Trinajstić information content (AvgIpc) is 2.64. The van der Waals surface area contributed by atoms with Gasteiger partial charge in [0.05, 0.1) is 17.5 Å². The molecular formula is C21H22F3N3O. The van der Waals surface area contributed by atoms with Gasteiger partial charge in [-0.1, -0.05) is 13.3 Å². The second kappa shape index (κ2) is 7.73. The fourth-order valence-electron chi connectivity index (χ4n) is 3.01. The van der Waals surface area contributed by atoms with Crippen molar-refractivity contribution in [1.82, 2.24) is 14.5 Å². The molecule has 0 saturated carbocycles. The van der Waals surface area contributed by atoms with E-state index in [9.17, 15) is 18.0 Å². The van der Waals surface area contributed by atoms with Crippen LogP contribution in [0.5, 0.6) is 0 Å². The van der Waals surface area contributed by atoms with E-state index in [0.717, 1.165) is 6.07 Å². The maximum absolute atomic E-state index is 14.7. The van der Waals surface area contributed by atoms with Crippen LogP contribution < -0.4 is 5.56 Å². The van der Waals surface area contributed by atoms with Crippen LogP contribution in [0.2, 0.25) is 0 Å². The highest BCUT2D eigenvalue weighted by molar-refractivity contribution is 5.85. The highest BCUT2D eigenvalue weighted by Gasteiger charge is 2.20. The van der Waals surface area contributed by atoms with Crippen LogP contribution in [0, 0.1) is 5.82 Å². The molecular weight excluding hydrogens is 367 g/mol. The Morgan fingerprint density at radius 1 is 1.21 bits per heavy atom. The highest BCUT2D eigenvalue weighted by atomic mass is 19.1. The predicted octanol–water partition coefficient (Wildman–Crippen LogP) is 4.94. The van der Waals surface area contributed by atoms with Crippen molar-refractivity contribution < 1.29 is 13.2 Å². The second-order valence-electron chi connectivity index (χ2n) is 7.35. The first-order chi connectivity index (χ1) is 13.2. The van der Waals surface area contributed by atoms with Crippen LogP contribution in [-0.4, -0.2) is 20.7 Å². The number of aromatic nitrogens is 3. The van der Waals surface area contributed by atoms with Crippen molar-refractivity contribution in [3.63, 3.8) is 0 Å². The molecule has 0 aliphatic carbocycles. The van der Waals surface area contributed by atoms with Crippen molar-refractivity contribution in [2.75, 3.05) is 0 Å². The smallest absolute Gasteiger partial charge is 0.258 e. The molecule has 1 aromatic carbocycles. The molecule has 0 aliphatic rings. The lowest BCUT2D eigenvalue weighted by atomic mass is 10.0. The molecule has 3 rings (SSSR count). The lowest BCUT2D eigenvalue weighted by Gasteiger charge is -2.14. The Kier molecular flexibility index (Phi) is 5.54. The van der Waals surface area contributed by atoms with Gasteiger partial charge in [-0.05, 0) is 43.9 Å². The van der Waals surface area contributed by atoms with Gasteiger partial charge in [0.25, 0.3) is 5.56 Å². The number of fused-ring (bicyclic) bond motifs is 1. The van der Waals surface area contributed by atoms with E-state index in [0.29, 0.717) is 18.2 Å². The number of rotatable bonds is 6. The first-order valence-electron chi connectivity index (χ1n) is 9.19. The highest BCUT2D eigenvalue weighted by Crippen LogP contribution is 2.27. The van der Waals surface area contributed by atoms with Crippen molar-refractivity contribution in [3.8, 4) is 11.4 Å². The summed E-state index contributed by atoms with van der Waals surface area (Å²) in [7, 11) is 0. The Morgan fingerprint density at radius 3 is 2.50 bits per heavy atom. The number of alkyl halides is 2. The quantitative estimate of drug-likeness (QED) is 0.600. The number of nitrogens with zero attached hydrogens (tertiary/aromatic N) is 3. The fourth-order valence-corrected chi connectivity index (χ4v) is 3.01. The summed E-state index contributed by atoms with van der Waals surface area (Å²) in [6.07, 6.45) is 4.05. The Hall–Kier alpha value is -2.70. The number of pyridine rings is 1. The third kappa shape index (κ3) is 4.08. The number of halogens is 3. The standard InChI is InChI=1S/C21H22F3N3O/c1-4-5-15(22)12-27-7-6-13-8-17(18(23)9-16(13)20(27)28)19-25-10-14(11-26-19)21(2,3)24/h6-11,15H,4-5,12H2,1-3H3. The minimum Gasteiger partial charge on any atom is -0.312 e. The molecule has 0 fully saturated rings. The first-order valence-corrected chi connectivity index (χ1v) is 9.19. The van der Waals surface area contributed by atoms with Gasteiger partial charge in [0.2, 0.25) is 0 Å². The number of hydrogen-bond donors (Lipinski definition) is 0. The minimum absolute atomic E-state index is 0.0599. The molecule has 2 heterocycles. The lowest BCUT2D eigenvalue weighted by molar-refractivity contribution is 0.220. The van der Waals surface area contributed by atoms with Gasteiger partial charge in [0, 0.05) is 24.2 Å². The Balaban J connectivity index is 2.01. The van der Waals surface area contributed by atoms with Gasteiger partial charge in [-0.2, -0.15) is 0 Å². The van der Waals surface area contributed by atoms with Gasteiger partial charge in [0.15, 0.2) is 5.82 Å². The zero-order valence-corrected chi connectivity index (χ0v) is 16.0. The zero-order chi connectivity index (χ0) is 20.5. The van der Waals surface area contributed by atoms with E-state index in [1.807, 2.05) is 6.92 Å². The molecule has 3 aromatic rings. The van der Waals surface area contributed by atoms with Crippen LogP contribution in [-0.2, 0) is 12.2 Å². The van der Waals surface area contributed by atoms with Gasteiger partial charge >= 0.3 is 0 Å². The molecule has 4 nitrogen and oxygen atoms in total. The summed E-state index contributed by atoms with van der Waals surface area (Å²) in [6.45, 7) is 4.58. The van der Waals surface area contributed by atoms with Gasteiger partial charge in [-0.25, -0.2) is 23.1 Å². The molecule has 0 spiro atoms. The van der Waals surface area contributed by atoms with Gasteiger partial charge in [-0.3, -0.25) is 4.79 Å². The van der Waals surface area contributed by atoms with E-state index >= 15 is 0 Å². The van der Waals surface area contributed by atoms with E-state index in [1.54, 1.807) is 6.07 Å². The van der Waals surface area contributed by atoms with Gasteiger partial charge in [0.1, 0.15) is 17.7 Å². The monoisotopic (exact) mass is 389 g/mol. The molecule has 1 unspecified atom stereocenters. The van der Waals surface area contributed by atoms with E-state index in [4.69, 9.17) is 0 Å². The minimum atomic E-state index is -1.60. The van der Waals surface area contributed by atoms with Crippen LogP contribution in [0.15, 0.2) is 41.6 Å². The third-order valence-corrected chi connectivity index (χ3v) is 4.64. The Bertz CT molecular complexity index is 1040. The van der Waals surface area contributed by atoms with Crippen molar-refractivity contribution in [2.45, 2.75) is 52.0 Å². The summed E-state index contributed by atoms with van der Waals surface area (Å²) in [4.78, 5) is 20.7. The van der Waals surface area contributed by atoms with Crippen molar-refractivity contribution in [2.24, 2.45) is 0 Å². The molecule has 0 radical (unpaired) electrons. The molecule has 28 heavy (non-hydrogen) atoms. The molecule has 1 atom stereocenters. The van der Waals surface area contributed by atoms with Crippen LogP contribution >= 0.6 is 0 Å². The summed E-state index contributed by atoms with van der Waals surface area (Å²) >= 11 is 0. The second-order valence-corrected chi connectivity index (χ2v) is 7.35. The summed E-state index contributed by atoms with van der Waals surface area (Å²) < 4.78 is 43.7. The van der Waals surface area contributed by atoms with Crippen LogP contribution in [0.3, 0.4) is 0 Å². The third-order valence-electron chi connectivity index (χ3n) is 4.64. The molecule has 148 valence electrons. The SMILES string of the molecule is CCCC(F)Cn1ccc2cc(-c3ncc(C(C)(C)F)cn3)c(F)cc2c1=O. The summed E-state index contributed by atoms with van der Waals surface area (Å²) in [5.74, 6) is -0.566. The largest absolute Gasteiger partial charge is 0.312 e. The van der Waals surface area contributed by atoms with Crippen LogP contribution in [0.4, 0.5) is 13.2 Å². The molecule has 0 amide bonds. The van der Waals surface area contributed by atoms with E-state index in [2.05, 4.69) is 9.97 Å².